The number of furan rings is 2. The van der Waals surface area contributed by atoms with Gasteiger partial charge in [0.1, 0.15) is 23.9 Å². The fourth-order valence-corrected chi connectivity index (χ4v) is 3.15. The number of rotatable bonds is 7. The molecule has 10 heteroatoms. The van der Waals surface area contributed by atoms with Crippen LogP contribution >= 0.6 is 35.0 Å². The molecular weight excluding hydrogens is 435 g/mol. The van der Waals surface area contributed by atoms with Gasteiger partial charge in [-0.25, -0.2) is 0 Å². The fourth-order valence-electron chi connectivity index (χ4n) is 2.43. The summed E-state index contributed by atoms with van der Waals surface area (Å²) in [7, 11) is 0. The van der Waals surface area contributed by atoms with Crippen LogP contribution in [0.25, 0.3) is 11.6 Å². The van der Waals surface area contributed by atoms with E-state index >= 15 is 0 Å². The lowest BCUT2D eigenvalue weighted by Crippen LogP contribution is -1.96. The second-order valence-corrected chi connectivity index (χ2v) is 7.30. The standard InChI is InChI=1S/C19H14Cl2N4O3S/c1-29-19-24-23-18(17-3-2-8-26-17)25(19)22-10-13-4-5-14(28-13)11-27-12-6-7-15(20)16(21)9-12/h2-10H,11H2,1H3/b22-10-. The summed E-state index contributed by atoms with van der Waals surface area (Å²) in [4.78, 5) is 0. The number of benzene rings is 1. The van der Waals surface area contributed by atoms with Gasteiger partial charge in [-0.05, 0) is 42.7 Å². The Morgan fingerprint density at radius 2 is 2.07 bits per heavy atom. The van der Waals surface area contributed by atoms with Crippen molar-refractivity contribution in [2.75, 3.05) is 6.26 Å². The molecule has 3 aromatic heterocycles. The molecule has 7 nitrogen and oxygen atoms in total. The highest BCUT2D eigenvalue weighted by molar-refractivity contribution is 7.98. The van der Waals surface area contributed by atoms with Gasteiger partial charge in [-0.3, -0.25) is 0 Å². The molecule has 4 rings (SSSR count). The van der Waals surface area contributed by atoms with E-state index in [2.05, 4.69) is 15.3 Å². The fraction of sp³-hybridized carbons (Fsp3) is 0.105. The van der Waals surface area contributed by atoms with Crippen LogP contribution in [-0.4, -0.2) is 27.3 Å². The summed E-state index contributed by atoms with van der Waals surface area (Å²) < 4.78 is 18.4. The van der Waals surface area contributed by atoms with Gasteiger partial charge in [0.25, 0.3) is 0 Å². The Kier molecular flexibility index (Phi) is 5.94. The van der Waals surface area contributed by atoms with Crippen molar-refractivity contribution in [1.29, 1.82) is 0 Å². The Bertz CT molecular complexity index is 1140. The first-order valence-electron chi connectivity index (χ1n) is 8.38. The van der Waals surface area contributed by atoms with Crippen molar-refractivity contribution in [2.24, 2.45) is 5.10 Å². The first-order valence-corrected chi connectivity index (χ1v) is 10.4. The maximum absolute atomic E-state index is 5.99. The van der Waals surface area contributed by atoms with Crippen LogP contribution in [0.15, 0.2) is 67.8 Å². The molecule has 0 N–H and O–H groups in total. The third kappa shape index (κ3) is 4.50. The largest absolute Gasteiger partial charge is 0.486 e. The van der Waals surface area contributed by atoms with Gasteiger partial charge < -0.3 is 13.6 Å². The minimum atomic E-state index is 0.242. The molecule has 0 unspecified atom stereocenters. The molecule has 0 aliphatic heterocycles. The van der Waals surface area contributed by atoms with Crippen LogP contribution in [-0.2, 0) is 6.61 Å². The number of ether oxygens (including phenoxy) is 1. The summed E-state index contributed by atoms with van der Waals surface area (Å²) in [5.41, 5.74) is 0. The summed E-state index contributed by atoms with van der Waals surface area (Å²) >= 11 is 13.3. The topological polar surface area (TPSA) is 78.6 Å². The summed E-state index contributed by atoms with van der Waals surface area (Å²) in [5, 5.41) is 14.2. The lowest BCUT2D eigenvalue weighted by Gasteiger charge is -2.05. The van der Waals surface area contributed by atoms with E-state index in [1.807, 2.05) is 12.3 Å². The maximum atomic E-state index is 5.99. The van der Waals surface area contributed by atoms with E-state index in [9.17, 15) is 0 Å². The van der Waals surface area contributed by atoms with Crippen molar-refractivity contribution in [3.8, 4) is 17.3 Å². The predicted octanol–water partition coefficient (Wildman–Crippen LogP) is 5.62. The number of hydrogen-bond acceptors (Lipinski definition) is 7. The Balaban J connectivity index is 1.47. The second kappa shape index (κ2) is 8.77. The monoisotopic (exact) mass is 448 g/mol. The molecule has 0 bridgehead atoms. The van der Waals surface area contributed by atoms with Gasteiger partial charge in [-0.2, -0.15) is 9.78 Å². The van der Waals surface area contributed by atoms with Gasteiger partial charge in [0.05, 0.1) is 22.5 Å². The van der Waals surface area contributed by atoms with E-state index in [0.29, 0.717) is 44.1 Å². The van der Waals surface area contributed by atoms with Crippen LogP contribution in [0.2, 0.25) is 10.0 Å². The van der Waals surface area contributed by atoms with Crippen LogP contribution in [0.5, 0.6) is 5.75 Å². The zero-order valence-corrected chi connectivity index (χ0v) is 17.4. The van der Waals surface area contributed by atoms with Crippen molar-refractivity contribution in [3.63, 3.8) is 0 Å². The molecule has 0 saturated heterocycles. The van der Waals surface area contributed by atoms with Crippen molar-refractivity contribution in [3.05, 3.63) is 70.3 Å². The molecule has 0 aliphatic rings. The predicted molar refractivity (Wildman–Crippen MR) is 112 cm³/mol. The number of thioether (sulfide) groups is 1. The Hall–Kier alpha value is -2.68. The van der Waals surface area contributed by atoms with E-state index in [0.717, 1.165) is 0 Å². The highest BCUT2D eigenvalue weighted by Gasteiger charge is 2.15. The van der Waals surface area contributed by atoms with Crippen molar-refractivity contribution in [1.82, 2.24) is 14.9 Å². The molecule has 148 valence electrons. The Labute approximate surface area is 180 Å². The summed E-state index contributed by atoms with van der Waals surface area (Å²) in [6.07, 6.45) is 5.05. The summed E-state index contributed by atoms with van der Waals surface area (Å²) in [5.74, 6) is 2.88. The van der Waals surface area contributed by atoms with Crippen LogP contribution in [0.3, 0.4) is 0 Å². The smallest absolute Gasteiger partial charge is 0.221 e. The first-order chi connectivity index (χ1) is 14.1. The Morgan fingerprint density at radius 1 is 1.17 bits per heavy atom. The molecule has 3 heterocycles. The van der Waals surface area contributed by atoms with Crippen LogP contribution in [0.1, 0.15) is 11.5 Å². The van der Waals surface area contributed by atoms with Gasteiger partial charge in [0.2, 0.25) is 11.0 Å². The number of aromatic nitrogens is 3. The average Bonchev–Trinajstić information content (AvgIpc) is 3.47. The average molecular weight is 449 g/mol. The lowest BCUT2D eigenvalue weighted by atomic mass is 10.3. The molecule has 29 heavy (non-hydrogen) atoms. The highest BCUT2D eigenvalue weighted by atomic mass is 35.5. The summed E-state index contributed by atoms with van der Waals surface area (Å²) in [6.45, 7) is 0.242. The molecule has 0 spiro atoms. The SMILES string of the molecule is CSc1nnc(-c2ccco2)n1/N=C\c1ccc(COc2ccc(Cl)c(Cl)c2)o1. The minimum Gasteiger partial charge on any atom is -0.486 e. The molecule has 0 radical (unpaired) electrons. The van der Waals surface area contributed by atoms with Gasteiger partial charge in [-0.15, -0.1) is 10.2 Å². The van der Waals surface area contributed by atoms with Crippen molar-refractivity contribution < 1.29 is 13.6 Å². The minimum absolute atomic E-state index is 0.242. The van der Waals surface area contributed by atoms with Crippen LogP contribution in [0, 0.1) is 0 Å². The normalized spacial score (nSPS) is 11.4. The molecule has 0 fully saturated rings. The Morgan fingerprint density at radius 3 is 2.83 bits per heavy atom. The second-order valence-electron chi connectivity index (χ2n) is 5.71. The van der Waals surface area contributed by atoms with Gasteiger partial charge in [0.15, 0.2) is 5.76 Å². The molecule has 0 saturated carbocycles. The molecule has 0 aliphatic carbocycles. The van der Waals surface area contributed by atoms with E-state index in [4.69, 9.17) is 36.8 Å². The third-order valence-electron chi connectivity index (χ3n) is 3.79. The van der Waals surface area contributed by atoms with Crippen molar-refractivity contribution >= 4 is 41.2 Å². The van der Waals surface area contributed by atoms with E-state index < -0.39 is 0 Å². The van der Waals surface area contributed by atoms with E-state index in [-0.39, 0.29) is 6.61 Å². The van der Waals surface area contributed by atoms with Gasteiger partial charge >= 0.3 is 0 Å². The maximum Gasteiger partial charge on any atom is 0.221 e. The molecule has 0 amide bonds. The molecular formula is C19H14Cl2N4O3S. The quantitative estimate of drug-likeness (QED) is 0.269. The highest BCUT2D eigenvalue weighted by Crippen LogP contribution is 2.27. The first kappa shape index (κ1) is 19.6. The van der Waals surface area contributed by atoms with Crippen LogP contribution in [0.4, 0.5) is 0 Å². The lowest BCUT2D eigenvalue weighted by molar-refractivity contribution is 0.270. The number of nitrogens with zero attached hydrogens (tertiary/aromatic N) is 4. The van der Waals surface area contributed by atoms with E-state index in [1.165, 1.54) is 11.8 Å². The molecule has 0 atom stereocenters. The number of halogens is 2. The van der Waals surface area contributed by atoms with Gasteiger partial charge in [-0.1, -0.05) is 35.0 Å². The molecule has 1 aromatic carbocycles. The zero-order valence-electron chi connectivity index (χ0n) is 15.1. The van der Waals surface area contributed by atoms with Crippen molar-refractivity contribution in [2.45, 2.75) is 11.8 Å². The zero-order chi connectivity index (χ0) is 20.2. The van der Waals surface area contributed by atoms with Crippen LogP contribution < -0.4 is 4.74 Å². The molecule has 4 aromatic rings. The summed E-state index contributed by atoms with van der Waals surface area (Å²) in [6, 6.07) is 12.3. The van der Waals surface area contributed by atoms with E-state index in [1.54, 1.807) is 53.6 Å². The third-order valence-corrected chi connectivity index (χ3v) is 5.15. The van der Waals surface area contributed by atoms with Gasteiger partial charge in [0, 0.05) is 6.07 Å². The number of hydrogen-bond donors (Lipinski definition) is 0.